The zero-order chi connectivity index (χ0) is 12.0. The number of para-hydroxylation sites is 1. The third-order valence-corrected chi connectivity index (χ3v) is 1.90. The molecule has 2 N–H and O–H groups in total. The van der Waals surface area contributed by atoms with E-state index < -0.39 is 0 Å². The monoisotopic (exact) mass is 223 g/mol. The summed E-state index contributed by atoms with van der Waals surface area (Å²) in [6.07, 6.45) is 0. The quantitative estimate of drug-likeness (QED) is 0.788. The average Bonchev–Trinajstić information content (AvgIpc) is 2.25. The fourth-order valence-corrected chi connectivity index (χ4v) is 1.28. The van der Waals surface area contributed by atoms with Crippen LogP contribution in [0.3, 0.4) is 0 Å². The first kappa shape index (κ1) is 12.5. The molecule has 0 aliphatic rings. The molecule has 1 aromatic rings. The van der Waals surface area contributed by atoms with E-state index in [1.807, 2.05) is 13.8 Å². The molecule has 0 saturated heterocycles. The summed E-state index contributed by atoms with van der Waals surface area (Å²) in [4.78, 5) is 11.8. The number of hydrogen-bond donors (Lipinski definition) is 2. The molecule has 0 atom stereocenters. The summed E-state index contributed by atoms with van der Waals surface area (Å²) in [6, 6.07) is 7.06. The molecule has 1 aromatic carbocycles. The number of hydrogen-bond acceptors (Lipinski definition) is 3. The third kappa shape index (κ3) is 3.55. The number of aliphatic hydroxyl groups excluding tert-OH is 1. The molecular formula is C12H17NO3. The molecule has 1 rings (SSSR count). The van der Waals surface area contributed by atoms with E-state index in [0.29, 0.717) is 11.3 Å². The van der Waals surface area contributed by atoms with E-state index in [1.54, 1.807) is 24.3 Å². The summed E-state index contributed by atoms with van der Waals surface area (Å²) < 4.78 is 5.28. The van der Waals surface area contributed by atoms with Gasteiger partial charge < -0.3 is 15.2 Å². The molecule has 0 radical (unpaired) electrons. The largest absolute Gasteiger partial charge is 0.490 e. The Kier molecular flexibility index (Phi) is 4.79. The Morgan fingerprint density at radius 1 is 1.44 bits per heavy atom. The summed E-state index contributed by atoms with van der Waals surface area (Å²) in [5, 5.41) is 11.5. The SMILES string of the molecule is CC(C)NC(=O)c1ccccc1OCCO. The molecule has 0 fully saturated rings. The van der Waals surface area contributed by atoms with Gasteiger partial charge in [-0.1, -0.05) is 12.1 Å². The van der Waals surface area contributed by atoms with E-state index >= 15 is 0 Å². The highest BCUT2D eigenvalue weighted by molar-refractivity contribution is 5.97. The fraction of sp³-hybridized carbons (Fsp3) is 0.417. The maximum absolute atomic E-state index is 11.8. The predicted octanol–water partition coefficient (Wildman–Crippen LogP) is 1.20. The van der Waals surface area contributed by atoms with Gasteiger partial charge in [0.1, 0.15) is 12.4 Å². The van der Waals surface area contributed by atoms with Gasteiger partial charge in [0.2, 0.25) is 0 Å². The Hall–Kier alpha value is -1.55. The summed E-state index contributed by atoms with van der Waals surface area (Å²) in [5.41, 5.74) is 0.490. The van der Waals surface area contributed by atoms with Gasteiger partial charge in [0, 0.05) is 6.04 Å². The highest BCUT2D eigenvalue weighted by atomic mass is 16.5. The van der Waals surface area contributed by atoms with Crippen LogP contribution in [0.2, 0.25) is 0 Å². The zero-order valence-corrected chi connectivity index (χ0v) is 9.56. The van der Waals surface area contributed by atoms with Crippen LogP contribution < -0.4 is 10.1 Å². The Morgan fingerprint density at radius 3 is 2.75 bits per heavy atom. The van der Waals surface area contributed by atoms with E-state index in [2.05, 4.69) is 5.32 Å². The van der Waals surface area contributed by atoms with Crippen LogP contribution in [-0.2, 0) is 0 Å². The number of aliphatic hydroxyl groups is 1. The van der Waals surface area contributed by atoms with Crippen LogP contribution in [0.25, 0.3) is 0 Å². The minimum Gasteiger partial charge on any atom is -0.490 e. The van der Waals surface area contributed by atoms with E-state index in [0.717, 1.165) is 0 Å². The lowest BCUT2D eigenvalue weighted by Gasteiger charge is -2.12. The Balaban J connectivity index is 2.81. The van der Waals surface area contributed by atoms with E-state index in [4.69, 9.17) is 9.84 Å². The first-order chi connectivity index (χ1) is 7.65. The lowest BCUT2D eigenvalue weighted by molar-refractivity contribution is 0.0937. The van der Waals surface area contributed by atoms with Gasteiger partial charge in [0.15, 0.2) is 0 Å². The third-order valence-electron chi connectivity index (χ3n) is 1.90. The van der Waals surface area contributed by atoms with Crippen molar-refractivity contribution in [2.24, 2.45) is 0 Å². The molecule has 0 aliphatic carbocycles. The summed E-state index contributed by atoms with van der Waals surface area (Å²) >= 11 is 0. The number of carbonyl (C=O) groups excluding carboxylic acids is 1. The van der Waals surface area contributed by atoms with Gasteiger partial charge >= 0.3 is 0 Å². The second-order valence-electron chi connectivity index (χ2n) is 3.70. The van der Waals surface area contributed by atoms with Crippen LogP contribution in [0, 0.1) is 0 Å². The Labute approximate surface area is 95.2 Å². The molecule has 4 nitrogen and oxygen atoms in total. The van der Waals surface area contributed by atoms with Crippen LogP contribution >= 0.6 is 0 Å². The van der Waals surface area contributed by atoms with Crippen molar-refractivity contribution in [3.8, 4) is 5.75 Å². The van der Waals surface area contributed by atoms with Crippen molar-refractivity contribution in [2.75, 3.05) is 13.2 Å². The minimum absolute atomic E-state index is 0.0693. The molecule has 0 spiro atoms. The van der Waals surface area contributed by atoms with E-state index in [1.165, 1.54) is 0 Å². The first-order valence-electron chi connectivity index (χ1n) is 5.28. The van der Waals surface area contributed by atoms with Gasteiger partial charge in [-0.2, -0.15) is 0 Å². The normalized spacial score (nSPS) is 10.2. The van der Waals surface area contributed by atoms with Gasteiger partial charge in [-0.25, -0.2) is 0 Å². The van der Waals surface area contributed by atoms with Crippen molar-refractivity contribution in [1.29, 1.82) is 0 Å². The molecule has 0 aliphatic heterocycles. The molecule has 16 heavy (non-hydrogen) atoms. The van der Waals surface area contributed by atoms with Crippen LogP contribution in [0.15, 0.2) is 24.3 Å². The van der Waals surface area contributed by atoms with Gasteiger partial charge in [0.25, 0.3) is 5.91 Å². The van der Waals surface area contributed by atoms with Gasteiger partial charge in [-0.15, -0.1) is 0 Å². The maximum atomic E-state index is 11.8. The molecule has 88 valence electrons. The molecule has 0 heterocycles. The molecular weight excluding hydrogens is 206 g/mol. The molecule has 4 heteroatoms. The predicted molar refractivity (Wildman–Crippen MR) is 61.6 cm³/mol. The van der Waals surface area contributed by atoms with Crippen LogP contribution in [0.4, 0.5) is 0 Å². The molecule has 0 saturated carbocycles. The summed E-state index contributed by atoms with van der Waals surface area (Å²) in [6.45, 7) is 3.91. The van der Waals surface area contributed by atoms with Crippen molar-refractivity contribution >= 4 is 5.91 Å². The van der Waals surface area contributed by atoms with Gasteiger partial charge in [-0.05, 0) is 26.0 Å². The van der Waals surface area contributed by atoms with Crippen molar-refractivity contribution in [2.45, 2.75) is 19.9 Å². The Bertz CT molecular complexity index is 350. The highest BCUT2D eigenvalue weighted by Gasteiger charge is 2.12. The smallest absolute Gasteiger partial charge is 0.255 e. The van der Waals surface area contributed by atoms with Gasteiger partial charge in [-0.3, -0.25) is 4.79 Å². The van der Waals surface area contributed by atoms with Gasteiger partial charge in [0.05, 0.1) is 12.2 Å². The van der Waals surface area contributed by atoms with Crippen LogP contribution in [0.5, 0.6) is 5.75 Å². The van der Waals surface area contributed by atoms with Crippen molar-refractivity contribution < 1.29 is 14.6 Å². The molecule has 0 aromatic heterocycles. The number of benzene rings is 1. The van der Waals surface area contributed by atoms with Crippen molar-refractivity contribution in [3.05, 3.63) is 29.8 Å². The highest BCUT2D eigenvalue weighted by Crippen LogP contribution is 2.17. The fourth-order valence-electron chi connectivity index (χ4n) is 1.28. The number of nitrogens with one attached hydrogen (secondary N) is 1. The first-order valence-corrected chi connectivity index (χ1v) is 5.28. The Morgan fingerprint density at radius 2 is 2.12 bits per heavy atom. The van der Waals surface area contributed by atoms with Crippen LogP contribution in [0.1, 0.15) is 24.2 Å². The second-order valence-corrected chi connectivity index (χ2v) is 3.70. The zero-order valence-electron chi connectivity index (χ0n) is 9.56. The standard InChI is InChI=1S/C12H17NO3/c1-9(2)13-12(15)10-5-3-4-6-11(10)16-8-7-14/h3-6,9,14H,7-8H2,1-2H3,(H,13,15). The maximum Gasteiger partial charge on any atom is 0.255 e. The van der Waals surface area contributed by atoms with Crippen molar-refractivity contribution in [1.82, 2.24) is 5.32 Å². The number of rotatable bonds is 5. The van der Waals surface area contributed by atoms with Crippen LogP contribution in [-0.4, -0.2) is 30.3 Å². The van der Waals surface area contributed by atoms with Crippen molar-refractivity contribution in [3.63, 3.8) is 0 Å². The summed E-state index contributed by atoms with van der Waals surface area (Å²) in [5.74, 6) is 0.332. The lowest BCUT2D eigenvalue weighted by Crippen LogP contribution is -2.30. The lowest BCUT2D eigenvalue weighted by atomic mass is 10.2. The average molecular weight is 223 g/mol. The number of carbonyl (C=O) groups is 1. The minimum atomic E-state index is -0.163. The van der Waals surface area contributed by atoms with E-state index in [9.17, 15) is 4.79 Å². The van der Waals surface area contributed by atoms with E-state index in [-0.39, 0.29) is 25.2 Å². The second kappa shape index (κ2) is 6.12. The number of amides is 1. The topological polar surface area (TPSA) is 58.6 Å². The summed E-state index contributed by atoms with van der Waals surface area (Å²) in [7, 11) is 0. The molecule has 0 unspecified atom stereocenters. The number of ether oxygens (including phenoxy) is 1. The molecule has 0 bridgehead atoms. The molecule has 1 amide bonds.